The summed E-state index contributed by atoms with van der Waals surface area (Å²) in [6.07, 6.45) is -2.13. The highest BCUT2D eigenvalue weighted by molar-refractivity contribution is 5.86. The maximum atomic E-state index is 13.3. The second kappa shape index (κ2) is 13.7. The molecular formula is C38H51NO13. The van der Waals surface area contributed by atoms with Gasteiger partial charge >= 0.3 is 30.0 Å². The summed E-state index contributed by atoms with van der Waals surface area (Å²) in [7, 11) is 1.96. The number of carbonyl (C=O) groups excluding carboxylic acids is 5. The van der Waals surface area contributed by atoms with E-state index in [2.05, 4.69) is 4.90 Å². The number of hydrogen-bond donors (Lipinski definition) is 1. The average molecular weight is 730 g/mol. The van der Waals surface area contributed by atoms with Crippen molar-refractivity contribution in [3.05, 3.63) is 35.1 Å². The van der Waals surface area contributed by atoms with Crippen LogP contribution in [0.2, 0.25) is 0 Å². The van der Waals surface area contributed by atoms with Crippen LogP contribution in [0.5, 0.6) is 11.5 Å². The summed E-state index contributed by atoms with van der Waals surface area (Å²) in [5, 5.41) is 12.5. The second-order valence-corrected chi connectivity index (χ2v) is 16.9. The number of ether oxygens (including phenoxy) is 7. The normalized spacial score (nSPS) is 25.4. The van der Waals surface area contributed by atoms with Gasteiger partial charge in [0.05, 0.1) is 30.3 Å². The van der Waals surface area contributed by atoms with Crippen molar-refractivity contribution in [3.8, 4) is 11.5 Å². The third-order valence-electron chi connectivity index (χ3n) is 9.40. The van der Waals surface area contributed by atoms with Gasteiger partial charge < -0.3 is 43.2 Å². The summed E-state index contributed by atoms with van der Waals surface area (Å²) in [5.74, 6) is -2.84. The zero-order valence-corrected chi connectivity index (χ0v) is 31.7. The number of aliphatic hydroxyl groups is 1. The van der Waals surface area contributed by atoms with Gasteiger partial charge in [0, 0.05) is 18.0 Å². The quantitative estimate of drug-likeness (QED) is 0.212. The van der Waals surface area contributed by atoms with Crippen LogP contribution in [0.4, 0.5) is 4.79 Å². The molecule has 1 fully saturated rings. The van der Waals surface area contributed by atoms with Crippen molar-refractivity contribution in [1.82, 2.24) is 4.90 Å². The molecule has 14 heteroatoms. The van der Waals surface area contributed by atoms with Crippen LogP contribution in [0.25, 0.3) is 0 Å². The molecule has 2 bridgehead atoms. The van der Waals surface area contributed by atoms with E-state index in [4.69, 9.17) is 33.2 Å². The van der Waals surface area contributed by atoms with Gasteiger partial charge in [-0.15, -0.1) is 0 Å². The zero-order chi connectivity index (χ0) is 38.6. The second-order valence-electron chi connectivity index (χ2n) is 16.9. The molecule has 0 unspecified atom stereocenters. The molecule has 2 heterocycles. The van der Waals surface area contributed by atoms with Crippen LogP contribution in [-0.2, 0) is 54.7 Å². The Hall–Kier alpha value is -4.17. The van der Waals surface area contributed by atoms with Gasteiger partial charge in [-0.05, 0) is 106 Å². The van der Waals surface area contributed by atoms with Gasteiger partial charge in [0.1, 0.15) is 22.6 Å². The zero-order valence-electron chi connectivity index (χ0n) is 31.7. The number of benzene rings is 1. The lowest BCUT2D eigenvalue weighted by Crippen LogP contribution is -2.74. The molecule has 2 aliphatic carbocycles. The fraction of sp³-hybridized carbons (Fsp3) is 0.658. The Bertz CT molecular complexity index is 1660. The summed E-state index contributed by atoms with van der Waals surface area (Å²) in [4.78, 5) is 66.4. The van der Waals surface area contributed by atoms with Crippen LogP contribution in [-0.4, -0.2) is 94.3 Å². The van der Waals surface area contributed by atoms with Crippen LogP contribution in [0.1, 0.15) is 106 Å². The van der Waals surface area contributed by atoms with Crippen LogP contribution in [0.15, 0.2) is 24.0 Å². The van der Waals surface area contributed by atoms with Crippen molar-refractivity contribution in [1.29, 1.82) is 0 Å². The van der Waals surface area contributed by atoms with Crippen molar-refractivity contribution < 1.29 is 62.2 Å². The first-order valence-electron chi connectivity index (χ1n) is 17.6. The average Bonchev–Trinajstić information content (AvgIpc) is 3.33. The minimum atomic E-state index is -1.59. The van der Waals surface area contributed by atoms with Gasteiger partial charge in [-0.25, -0.2) is 9.59 Å². The number of carbonyl (C=O) groups is 5. The molecule has 1 saturated heterocycles. The molecule has 5 atom stereocenters. The van der Waals surface area contributed by atoms with E-state index >= 15 is 0 Å². The Morgan fingerprint density at radius 3 is 2.15 bits per heavy atom. The molecule has 0 aromatic heterocycles. The van der Waals surface area contributed by atoms with E-state index in [0.717, 1.165) is 5.56 Å². The lowest BCUT2D eigenvalue weighted by atomic mass is 9.50. The minimum absolute atomic E-state index is 0.121. The number of likely N-dealkylation sites (tertiary alicyclic amines) is 1. The lowest BCUT2D eigenvalue weighted by Gasteiger charge is -2.61. The fourth-order valence-corrected chi connectivity index (χ4v) is 7.55. The fourth-order valence-electron chi connectivity index (χ4n) is 7.55. The van der Waals surface area contributed by atoms with Gasteiger partial charge in [0.25, 0.3) is 0 Å². The van der Waals surface area contributed by atoms with Crippen molar-refractivity contribution in [3.63, 3.8) is 0 Å². The van der Waals surface area contributed by atoms with E-state index < -0.39 is 89.3 Å². The van der Waals surface area contributed by atoms with E-state index in [1.165, 1.54) is 0 Å². The first-order valence-corrected chi connectivity index (χ1v) is 17.6. The third-order valence-corrected chi connectivity index (χ3v) is 9.40. The molecule has 14 nitrogen and oxygen atoms in total. The van der Waals surface area contributed by atoms with Gasteiger partial charge in [-0.1, -0.05) is 6.07 Å². The molecule has 1 aromatic rings. The van der Waals surface area contributed by atoms with Crippen LogP contribution >= 0.6 is 0 Å². The molecule has 52 heavy (non-hydrogen) atoms. The third kappa shape index (κ3) is 7.92. The number of piperidine rings is 1. The highest BCUT2D eigenvalue weighted by Crippen LogP contribution is 2.65. The number of rotatable bonds is 9. The van der Waals surface area contributed by atoms with E-state index in [-0.39, 0.29) is 29.7 Å². The smallest absolute Gasteiger partial charge is 0.477 e. The summed E-state index contributed by atoms with van der Waals surface area (Å²) < 4.78 is 39.4. The summed E-state index contributed by atoms with van der Waals surface area (Å²) in [5.41, 5.74) is -3.23. The topological polar surface area (TPSA) is 173 Å². The van der Waals surface area contributed by atoms with Crippen molar-refractivity contribution in [2.75, 3.05) is 13.6 Å². The van der Waals surface area contributed by atoms with Gasteiger partial charge in [-0.2, -0.15) is 0 Å². The largest absolute Gasteiger partial charge is 0.514 e. The maximum Gasteiger partial charge on any atom is 0.514 e. The standard InChI is InChI=1S/C38H51NO13/c1-34(2,3)50-28(42)20-24(32(43)51-35(4,5)6)47-27(41)14-13-26(40)46-23-15-16-38(45)25-19-21-11-12-22(48-33(44)52-36(7,8)9)30-29(21)37(38,31(23)49-30)17-18-39(25)10/h11-12,15,24-25,31,45H,13-14,16-20H2,1-10H3/t24-,25+,31-,37-,38+/m0/s1. The first-order chi connectivity index (χ1) is 23.9. The maximum absolute atomic E-state index is 13.3. The molecular weight excluding hydrogens is 678 g/mol. The van der Waals surface area contributed by atoms with Gasteiger partial charge in [0.15, 0.2) is 17.6 Å². The van der Waals surface area contributed by atoms with E-state index in [1.54, 1.807) is 74.5 Å². The van der Waals surface area contributed by atoms with E-state index in [1.807, 2.05) is 13.1 Å². The van der Waals surface area contributed by atoms with Gasteiger partial charge in [0.2, 0.25) is 6.10 Å². The number of nitrogens with zero attached hydrogens (tertiary/aromatic N) is 1. The molecule has 0 amide bonds. The minimum Gasteiger partial charge on any atom is -0.477 e. The number of hydrogen-bond acceptors (Lipinski definition) is 14. The van der Waals surface area contributed by atoms with Crippen molar-refractivity contribution in [2.45, 2.75) is 147 Å². The molecule has 1 N–H and O–H groups in total. The Balaban J connectivity index is 1.32. The molecule has 4 aliphatic rings. The highest BCUT2D eigenvalue weighted by atomic mass is 16.7. The van der Waals surface area contributed by atoms with Crippen molar-refractivity contribution in [2.24, 2.45) is 0 Å². The summed E-state index contributed by atoms with van der Waals surface area (Å²) in [6, 6.07) is 3.24. The summed E-state index contributed by atoms with van der Waals surface area (Å²) in [6.45, 7) is 15.7. The summed E-state index contributed by atoms with van der Waals surface area (Å²) >= 11 is 0. The monoisotopic (exact) mass is 729 g/mol. The molecule has 5 rings (SSSR count). The SMILES string of the molecule is CN1CC[C@]23c4c5ccc(OC(=O)OC(C)(C)C)c4O[C@H]2C(OC(=O)CCC(=O)O[C@@H](CC(=O)OC(C)(C)C)C(=O)OC(C)(C)C)=CC[C@@]3(O)[C@H]1C5. The molecule has 1 aromatic carbocycles. The predicted molar refractivity (Wildman–Crippen MR) is 183 cm³/mol. The van der Waals surface area contributed by atoms with Gasteiger partial charge in [-0.3, -0.25) is 14.4 Å². The highest BCUT2D eigenvalue weighted by Gasteiger charge is 2.72. The van der Waals surface area contributed by atoms with Crippen molar-refractivity contribution >= 4 is 30.0 Å². The number of esters is 4. The Morgan fingerprint density at radius 2 is 1.52 bits per heavy atom. The molecule has 2 aliphatic heterocycles. The number of likely N-dealkylation sites (N-methyl/N-ethyl adjacent to an activating group) is 1. The molecule has 1 spiro atoms. The van der Waals surface area contributed by atoms with E-state index in [0.29, 0.717) is 24.9 Å². The predicted octanol–water partition coefficient (Wildman–Crippen LogP) is 4.59. The van der Waals surface area contributed by atoms with Crippen LogP contribution < -0.4 is 9.47 Å². The lowest BCUT2D eigenvalue weighted by molar-refractivity contribution is -0.181. The molecule has 286 valence electrons. The molecule has 0 saturated carbocycles. The Morgan fingerprint density at radius 1 is 0.885 bits per heavy atom. The molecule has 0 radical (unpaired) electrons. The van der Waals surface area contributed by atoms with Crippen LogP contribution in [0.3, 0.4) is 0 Å². The first kappa shape index (κ1) is 39.0. The van der Waals surface area contributed by atoms with E-state index in [9.17, 15) is 29.1 Å². The Kier molecular flexibility index (Phi) is 10.3. The Labute approximate surface area is 304 Å². The van der Waals surface area contributed by atoms with Crippen LogP contribution in [0, 0.1) is 0 Å².